The predicted octanol–water partition coefficient (Wildman–Crippen LogP) is 4.02. The SMILES string of the molecule is CCOC(=O)CC(=O)C1[C@@H]2C[C@]2(c2c(F)ccc(Cl)c2F)CN1C(=O)OC(C)(C)C. The molecule has 2 fully saturated rings. The summed E-state index contributed by atoms with van der Waals surface area (Å²) >= 11 is 5.86. The molecule has 9 heteroatoms. The third-order valence-electron chi connectivity index (χ3n) is 5.43. The van der Waals surface area contributed by atoms with E-state index >= 15 is 0 Å². The molecular formula is C21H24ClF2NO5. The van der Waals surface area contributed by atoms with Gasteiger partial charge in [0.05, 0.1) is 17.7 Å². The summed E-state index contributed by atoms with van der Waals surface area (Å²) in [5.74, 6) is -3.50. The first kappa shape index (κ1) is 22.5. The Balaban J connectivity index is 1.96. The molecule has 6 nitrogen and oxygen atoms in total. The normalized spacial score (nSPS) is 25.0. The van der Waals surface area contributed by atoms with Gasteiger partial charge < -0.3 is 9.47 Å². The molecule has 0 spiro atoms. The summed E-state index contributed by atoms with van der Waals surface area (Å²) in [6.07, 6.45) is -1.02. The van der Waals surface area contributed by atoms with Crippen molar-refractivity contribution in [3.05, 3.63) is 34.4 Å². The molecule has 1 aliphatic heterocycles. The zero-order chi connectivity index (χ0) is 22.4. The number of likely N-dealkylation sites (tertiary alicyclic amines) is 1. The van der Waals surface area contributed by atoms with Crippen LogP contribution in [0.1, 0.15) is 46.1 Å². The largest absolute Gasteiger partial charge is 0.466 e. The van der Waals surface area contributed by atoms with Crippen LogP contribution in [0.5, 0.6) is 0 Å². The maximum Gasteiger partial charge on any atom is 0.410 e. The molecule has 0 N–H and O–H groups in total. The Bertz CT molecular complexity index is 900. The van der Waals surface area contributed by atoms with Gasteiger partial charge >= 0.3 is 12.1 Å². The number of fused-ring (bicyclic) bond motifs is 1. The highest BCUT2D eigenvalue weighted by molar-refractivity contribution is 6.30. The van der Waals surface area contributed by atoms with Gasteiger partial charge in [-0.2, -0.15) is 0 Å². The summed E-state index contributed by atoms with van der Waals surface area (Å²) in [6, 6.07) is 1.14. The number of benzene rings is 1. The molecule has 0 bridgehead atoms. The van der Waals surface area contributed by atoms with Crippen molar-refractivity contribution in [3.8, 4) is 0 Å². The molecule has 3 atom stereocenters. The zero-order valence-electron chi connectivity index (χ0n) is 17.3. The molecule has 3 rings (SSSR count). The van der Waals surface area contributed by atoms with Crippen LogP contribution in [0.3, 0.4) is 0 Å². The first-order chi connectivity index (χ1) is 13.9. The number of ether oxygens (including phenoxy) is 2. The van der Waals surface area contributed by atoms with Crippen LogP contribution in [0.4, 0.5) is 13.6 Å². The smallest absolute Gasteiger partial charge is 0.410 e. The van der Waals surface area contributed by atoms with Gasteiger partial charge in [0.2, 0.25) is 0 Å². The lowest BCUT2D eigenvalue weighted by atomic mass is 9.92. The van der Waals surface area contributed by atoms with E-state index in [9.17, 15) is 23.2 Å². The molecule has 30 heavy (non-hydrogen) atoms. The van der Waals surface area contributed by atoms with E-state index < -0.39 is 58.9 Å². The molecule has 164 valence electrons. The van der Waals surface area contributed by atoms with E-state index in [1.165, 1.54) is 4.90 Å². The highest BCUT2D eigenvalue weighted by Crippen LogP contribution is 2.63. The Morgan fingerprint density at radius 3 is 2.53 bits per heavy atom. The predicted molar refractivity (Wildman–Crippen MR) is 104 cm³/mol. The summed E-state index contributed by atoms with van der Waals surface area (Å²) in [5.41, 5.74) is -2.16. The number of halogens is 3. The van der Waals surface area contributed by atoms with E-state index in [1.54, 1.807) is 27.7 Å². The average Bonchev–Trinajstić information content (AvgIpc) is 3.21. The fourth-order valence-corrected chi connectivity index (χ4v) is 4.41. The Morgan fingerprint density at radius 1 is 1.27 bits per heavy atom. The van der Waals surface area contributed by atoms with Gasteiger partial charge in [-0.3, -0.25) is 14.5 Å². The second kappa shape index (κ2) is 7.80. The maximum absolute atomic E-state index is 14.8. The van der Waals surface area contributed by atoms with Crippen molar-refractivity contribution in [3.63, 3.8) is 0 Å². The lowest BCUT2D eigenvalue weighted by Crippen LogP contribution is -2.46. The summed E-state index contributed by atoms with van der Waals surface area (Å²) in [7, 11) is 0. The van der Waals surface area contributed by atoms with Crippen LogP contribution in [0.2, 0.25) is 5.02 Å². The summed E-state index contributed by atoms with van der Waals surface area (Å²) in [4.78, 5) is 38.7. The van der Waals surface area contributed by atoms with E-state index in [0.29, 0.717) is 6.42 Å². The van der Waals surface area contributed by atoms with E-state index in [-0.39, 0.29) is 23.7 Å². The minimum Gasteiger partial charge on any atom is -0.466 e. The van der Waals surface area contributed by atoms with E-state index in [4.69, 9.17) is 21.1 Å². The van der Waals surface area contributed by atoms with Crippen molar-refractivity contribution in [2.45, 2.75) is 57.6 Å². The van der Waals surface area contributed by atoms with Gasteiger partial charge in [0.15, 0.2) is 5.78 Å². The van der Waals surface area contributed by atoms with Gasteiger partial charge in [-0.05, 0) is 52.2 Å². The topological polar surface area (TPSA) is 72.9 Å². The number of piperidine rings is 1. The van der Waals surface area contributed by atoms with E-state index in [2.05, 4.69) is 0 Å². The number of ketones is 1. The second-order valence-corrected chi connectivity index (χ2v) is 9.09. The van der Waals surface area contributed by atoms with Crippen LogP contribution in [0.15, 0.2) is 12.1 Å². The van der Waals surface area contributed by atoms with Gasteiger partial charge in [0.1, 0.15) is 23.7 Å². The summed E-state index contributed by atoms with van der Waals surface area (Å²) < 4.78 is 39.6. The fourth-order valence-electron chi connectivity index (χ4n) is 4.25. The molecule has 2 aliphatic rings. The molecule has 1 heterocycles. The number of carbonyl (C=O) groups is 3. The Kier molecular flexibility index (Phi) is 5.84. The first-order valence-electron chi connectivity index (χ1n) is 9.73. The first-order valence-corrected chi connectivity index (χ1v) is 10.1. The molecule has 1 amide bonds. The molecule has 1 aliphatic carbocycles. The lowest BCUT2D eigenvalue weighted by molar-refractivity contribution is -0.146. The quantitative estimate of drug-likeness (QED) is 0.390. The number of hydrogen-bond donors (Lipinski definition) is 0. The number of esters is 1. The van der Waals surface area contributed by atoms with Crippen LogP contribution in [0, 0.1) is 17.6 Å². The minimum absolute atomic E-state index is 0.110. The monoisotopic (exact) mass is 443 g/mol. The van der Waals surface area contributed by atoms with E-state index in [0.717, 1.165) is 12.1 Å². The van der Waals surface area contributed by atoms with Crippen molar-refractivity contribution in [1.82, 2.24) is 4.90 Å². The number of rotatable bonds is 5. The highest BCUT2D eigenvalue weighted by Gasteiger charge is 2.70. The Labute approximate surface area is 178 Å². The zero-order valence-corrected chi connectivity index (χ0v) is 18.0. The summed E-state index contributed by atoms with van der Waals surface area (Å²) in [6.45, 7) is 6.62. The van der Waals surface area contributed by atoms with Crippen molar-refractivity contribution < 1.29 is 32.6 Å². The molecule has 1 unspecified atom stereocenters. The van der Waals surface area contributed by atoms with Gasteiger partial charge in [0.25, 0.3) is 0 Å². The third kappa shape index (κ3) is 4.02. The van der Waals surface area contributed by atoms with Crippen molar-refractivity contribution in [2.24, 2.45) is 5.92 Å². The van der Waals surface area contributed by atoms with E-state index in [1.807, 2.05) is 0 Å². The van der Waals surface area contributed by atoms with Crippen LogP contribution in [-0.4, -0.2) is 47.5 Å². The molecule has 1 aromatic carbocycles. The molecule has 1 saturated carbocycles. The molecular weight excluding hydrogens is 420 g/mol. The Hall–Kier alpha value is -2.22. The molecule has 0 aromatic heterocycles. The fraction of sp³-hybridized carbons (Fsp3) is 0.571. The van der Waals surface area contributed by atoms with Gasteiger partial charge in [-0.1, -0.05) is 11.6 Å². The standard InChI is InChI=1S/C21H24ClF2NO5/c1-5-29-15(27)8-14(26)18-11-9-21(11,10-25(18)19(28)30-20(2,3)4)16-13(23)7-6-12(22)17(16)24/h6-7,11,18H,5,8-10H2,1-4H3/t11-,18?,21-/m0/s1. The number of hydrogen-bond acceptors (Lipinski definition) is 5. The van der Waals surface area contributed by atoms with Crippen LogP contribution in [-0.2, 0) is 24.5 Å². The lowest BCUT2D eigenvalue weighted by Gasteiger charge is -2.30. The number of amides is 1. The maximum atomic E-state index is 14.8. The van der Waals surface area contributed by atoms with Crippen molar-refractivity contribution in [1.29, 1.82) is 0 Å². The molecule has 1 saturated heterocycles. The molecule has 1 aromatic rings. The average molecular weight is 444 g/mol. The Morgan fingerprint density at radius 2 is 1.93 bits per heavy atom. The van der Waals surface area contributed by atoms with Gasteiger partial charge in [-0.25, -0.2) is 13.6 Å². The van der Waals surface area contributed by atoms with Gasteiger partial charge in [0, 0.05) is 17.5 Å². The second-order valence-electron chi connectivity index (χ2n) is 8.69. The highest BCUT2D eigenvalue weighted by atomic mass is 35.5. The van der Waals surface area contributed by atoms with Crippen LogP contribution < -0.4 is 0 Å². The number of Topliss-reactive ketones (excluding diaryl/α,β-unsaturated/α-hetero) is 1. The van der Waals surface area contributed by atoms with Crippen molar-refractivity contribution in [2.75, 3.05) is 13.2 Å². The summed E-state index contributed by atoms with van der Waals surface area (Å²) in [5, 5.41) is -0.239. The minimum atomic E-state index is -1.09. The number of carbonyl (C=O) groups excluding carboxylic acids is 3. The van der Waals surface area contributed by atoms with Crippen LogP contribution in [0.25, 0.3) is 0 Å². The van der Waals surface area contributed by atoms with Crippen LogP contribution >= 0.6 is 11.6 Å². The van der Waals surface area contributed by atoms with Gasteiger partial charge in [-0.15, -0.1) is 0 Å². The van der Waals surface area contributed by atoms with Crippen molar-refractivity contribution >= 4 is 29.4 Å². The number of nitrogens with zero attached hydrogens (tertiary/aromatic N) is 1. The molecule has 0 radical (unpaired) electrons. The third-order valence-corrected chi connectivity index (χ3v) is 5.72.